The quantitative estimate of drug-likeness (QED) is 0.855. The molecule has 0 unspecified atom stereocenters. The molecule has 1 aromatic heterocycles. The van der Waals surface area contributed by atoms with Crippen molar-refractivity contribution in [2.45, 2.75) is 6.92 Å². The molecule has 17 heavy (non-hydrogen) atoms. The van der Waals surface area contributed by atoms with Gasteiger partial charge in [-0.25, -0.2) is 4.98 Å². The number of benzene rings is 1. The number of aromatic amines is 1. The minimum atomic E-state index is 0.562. The minimum Gasteiger partial charge on any atom is -0.497 e. The molecule has 0 atom stereocenters. The molecule has 2 aromatic rings. The zero-order valence-electron chi connectivity index (χ0n) is 9.45. The zero-order valence-corrected chi connectivity index (χ0v) is 11.9. The van der Waals surface area contributed by atoms with Crippen LogP contribution < -0.4 is 4.74 Å². The summed E-state index contributed by atoms with van der Waals surface area (Å²) in [5, 5.41) is 0. The largest absolute Gasteiger partial charge is 0.497 e. The van der Waals surface area contributed by atoms with Crippen LogP contribution >= 0.6 is 28.1 Å². The fraction of sp³-hybridized carbons (Fsp3) is 0.167. The van der Waals surface area contributed by atoms with Gasteiger partial charge in [0.25, 0.3) is 0 Å². The van der Waals surface area contributed by atoms with Crippen molar-refractivity contribution in [2.24, 2.45) is 0 Å². The minimum absolute atomic E-state index is 0.562. The second kappa shape index (κ2) is 4.98. The molecule has 0 bridgehead atoms. The highest BCUT2D eigenvalue weighted by molar-refractivity contribution is 9.10. The van der Waals surface area contributed by atoms with Crippen LogP contribution in [0.25, 0.3) is 11.4 Å². The lowest BCUT2D eigenvalue weighted by atomic mass is 10.2. The van der Waals surface area contributed by atoms with E-state index in [4.69, 9.17) is 17.0 Å². The summed E-state index contributed by atoms with van der Waals surface area (Å²) >= 11 is 8.56. The Kier molecular flexibility index (Phi) is 3.59. The Morgan fingerprint density at radius 1 is 1.29 bits per heavy atom. The number of ether oxygens (including phenoxy) is 1. The van der Waals surface area contributed by atoms with Gasteiger partial charge in [0.05, 0.1) is 11.6 Å². The van der Waals surface area contributed by atoms with Crippen molar-refractivity contribution in [3.63, 3.8) is 0 Å². The summed E-state index contributed by atoms with van der Waals surface area (Å²) in [6, 6.07) is 7.68. The third-order valence-corrected chi connectivity index (χ3v) is 3.93. The first-order valence-electron chi connectivity index (χ1n) is 5.02. The molecule has 0 fully saturated rings. The molecule has 0 aliphatic carbocycles. The van der Waals surface area contributed by atoms with Crippen molar-refractivity contribution < 1.29 is 4.74 Å². The molecule has 88 valence electrons. The number of aromatic nitrogens is 2. The standard InChI is InChI=1S/C12H11BrN2OS/c1-7-10(13)12(17)15-11(14-7)8-3-5-9(16-2)6-4-8/h3-6H,1-2H3,(H,14,15,17). The molecule has 0 saturated heterocycles. The number of rotatable bonds is 2. The number of hydrogen-bond donors (Lipinski definition) is 1. The van der Waals surface area contributed by atoms with Gasteiger partial charge in [-0.2, -0.15) is 0 Å². The fourth-order valence-electron chi connectivity index (χ4n) is 1.46. The monoisotopic (exact) mass is 310 g/mol. The van der Waals surface area contributed by atoms with E-state index in [9.17, 15) is 0 Å². The highest BCUT2D eigenvalue weighted by atomic mass is 79.9. The first-order chi connectivity index (χ1) is 8.11. The van der Waals surface area contributed by atoms with Crippen molar-refractivity contribution in [2.75, 3.05) is 7.11 Å². The Morgan fingerprint density at radius 2 is 1.94 bits per heavy atom. The van der Waals surface area contributed by atoms with Gasteiger partial charge >= 0.3 is 0 Å². The van der Waals surface area contributed by atoms with Gasteiger partial charge in [0, 0.05) is 11.3 Å². The topological polar surface area (TPSA) is 37.9 Å². The predicted octanol–water partition coefficient (Wildman–Crippen LogP) is 3.89. The van der Waals surface area contributed by atoms with Gasteiger partial charge in [0.1, 0.15) is 16.2 Å². The maximum atomic E-state index is 5.17. The molecule has 0 radical (unpaired) electrons. The molecule has 0 aliphatic heterocycles. The second-order valence-electron chi connectivity index (χ2n) is 3.56. The Labute approximate surface area is 113 Å². The zero-order chi connectivity index (χ0) is 12.4. The van der Waals surface area contributed by atoms with E-state index < -0.39 is 0 Å². The van der Waals surface area contributed by atoms with Gasteiger partial charge in [-0.05, 0) is 47.1 Å². The van der Waals surface area contributed by atoms with Crippen LogP contribution in [0.2, 0.25) is 0 Å². The van der Waals surface area contributed by atoms with Gasteiger partial charge in [0.2, 0.25) is 0 Å². The highest BCUT2D eigenvalue weighted by Gasteiger charge is 2.04. The van der Waals surface area contributed by atoms with E-state index >= 15 is 0 Å². The van der Waals surface area contributed by atoms with Crippen molar-refractivity contribution >= 4 is 28.1 Å². The summed E-state index contributed by atoms with van der Waals surface area (Å²) < 4.78 is 6.51. The molecule has 0 spiro atoms. The molecule has 3 nitrogen and oxygen atoms in total. The average Bonchev–Trinajstić information content (AvgIpc) is 2.35. The Morgan fingerprint density at radius 3 is 2.47 bits per heavy atom. The predicted molar refractivity (Wildman–Crippen MR) is 73.8 cm³/mol. The average molecular weight is 311 g/mol. The van der Waals surface area contributed by atoms with Gasteiger partial charge in [-0.3, -0.25) is 0 Å². The number of nitrogens with zero attached hydrogens (tertiary/aromatic N) is 1. The lowest BCUT2D eigenvalue weighted by Gasteiger charge is -2.06. The van der Waals surface area contributed by atoms with Crippen LogP contribution in [0, 0.1) is 11.6 Å². The molecule has 0 saturated carbocycles. The van der Waals surface area contributed by atoms with Crippen LogP contribution in [-0.4, -0.2) is 17.1 Å². The van der Waals surface area contributed by atoms with Crippen molar-refractivity contribution in [3.8, 4) is 17.1 Å². The van der Waals surface area contributed by atoms with Crippen LogP contribution in [-0.2, 0) is 0 Å². The van der Waals surface area contributed by atoms with Gasteiger partial charge in [-0.15, -0.1) is 0 Å². The Bertz CT molecular complexity index is 592. The number of methoxy groups -OCH3 is 1. The Hall–Kier alpha value is -1.20. The highest BCUT2D eigenvalue weighted by Crippen LogP contribution is 2.22. The maximum absolute atomic E-state index is 5.17. The fourth-order valence-corrected chi connectivity index (χ4v) is 1.89. The molecule has 2 rings (SSSR count). The van der Waals surface area contributed by atoms with E-state index in [1.54, 1.807) is 7.11 Å². The summed E-state index contributed by atoms with van der Waals surface area (Å²) in [7, 11) is 1.64. The number of hydrogen-bond acceptors (Lipinski definition) is 3. The first-order valence-corrected chi connectivity index (χ1v) is 6.23. The van der Waals surface area contributed by atoms with Gasteiger partial charge in [-0.1, -0.05) is 12.2 Å². The normalized spacial score (nSPS) is 10.3. The third-order valence-electron chi connectivity index (χ3n) is 2.40. The lowest BCUT2D eigenvalue weighted by molar-refractivity contribution is 0.415. The van der Waals surface area contributed by atoms with Crippen molar-refractivity contribution in [1.29, 1.82) is 0 Å². The Balaban J connectivity index is 2.49. The van der Waals surface area contributed by atoms with E-state index in [1.807, 2.05) is 31.2 Å². The van der Waals surface area contributed by atoms with Gasteiger partial charge in [0.15, 0.2) is 0 Å². The van der Waals surface area contributed by atoms with Crippen LogP contribution in [0.3, 0.4) is 0 Å². The molecule has 0 amide bonds. The van der Waals surface area contributed by atoms with Crippen molar-refractivity contribution in [1.82, 2.24) is 9.97 Å². The van der Waals surface area contributed by atoms with E-state index in [-0.39, 0.29) is 0 Å². The van der Waals surface area contributed by atoms with E-state index in [0.717, 1.165) is 27.3 Å². The SMILES string of the molecule is COc1ccc(-c2nc(=S)c(Br)c(C)[nH]2)cc1. The van der Waals surface area contributed by atoms with E-state index in [0.29, 0.717) is 4.64 Å². The summed E-state index contributed by atoms with van der Waals surface area (Å²) in [5.74, 6) is 1.58. The van der Waals surface area contributed by atoms with E-state index in [1.165, 1.54) is 0 Å². The third kappa shape index (κ3) is 2.56. The molecule has 1 heterocycles. The molecular weight excluding hydrogens is 300 g/mol. The summed E-state index contributed by atoms with van der Waals surface area (Å²) in [6.45, 7) is 1.95. The molecule has 1 N–H and O–H groups in total. The number of nitrogens with one attached hydrogen (secondary N) is 1. The second-order valence-corrected chi connectivity index (χ2v) is 4.74. The van der Waals surface area contributed by atoms with E-state index in [2.05, 4.69) is 25.9 Å². The summed E-state index contributed by atoms with van der Waals surface area (Å²) in [4.78, 5) is 7.54. The van der Waals surface area contributed by atoms with Crippen LogP contribution in [0.15, 0.2) is 28.7 Å². The molecular formula is C12H11BrN2OS. The summed E-state index contributed by atoms with van der Waals surface area (Å²) in [6.07, 6.45) is 0. The molecule has 0 aliphatic rings. The number of halogens is 1. The first kappa shape index (κ1) is 12.3. The van der Waals surface area contributed by atoms with Crippen LogP contribution in [0.5, 0.6) is 5.75 Å². The van der Waals surface area contributed by atoms with Crippen molar-refractivity contribution in [3.05, 3.63) is 39.1 Å². The maximum Gasteiger partial charge on any atom is 0.144 e. The van der Waals surface area contributed by atoms with Crippen LogP contribution in [0.1, 0.15) is 5.69 Å². The molecule has 5 heteroatoms. The summed E-state index contributed by atoms with van der Waals surface area (Å²) in [5.41, 5.74) is 1.95. The number of aryl methyl sites for hydroxylation is 1. The number of H-pyrrole nitrogens is 1. The van der Waals surface area contributed by atoms with Gasteiger partial charge < -0.3 is 9.72 Å². The lowest BCUT2D eigenvalue weighted by Crippen LogP contribution is -1.94. The smallest absolute Gasteiger partial charge is 0.144 e. The van der Waals surface area contributed by atoms with Crippen LogP contribution in [0.4, 0.5) is 0 Å². The molecule has 1 aromatic carbocycles.